The molecule has 3 aromatic rings. The highest BCUT2D eigenvalue weighted by Crippen LogP contribution is 2.26. The van der Waals surface area contributed by atoms with Gasteiger partial charge in [0.05, 0.1) is 33.2 Å². The summed E-state index contributed by atoms with van der Waals surface area (Å²) in [7, 11) is -3.53. The summed E-state index contributed by atoms with van der Waals surface area (Å²) in [5, 5.41) is 7.36. The molecule has 3 rings (SSSR count). The van der Waals surface area contributed by atoms with Crippen molar-refractivity contribution in [2.75, 3.05) is 15.8 Å². The van der Waals surface area contributed by atoms with Crippen LogP contribution in [0, 0.1) is 0 Å². The van der Waals surface area contributed by atoms with Gasteiger partial charge in [0.2, 0.25) is 15.6 Å². The van der Waals surface area contributed by atoms with Gasteiger partial charge in [-0.3, -0.25) is 4.72 Å². The minimum absolute atomic E-state index is 0.0542. The number of halogens is 1. The van der Waals surface area contributed by atoms with Crippen molar-refractivity contribution >= 4 is 50.1 Å². The van der Waals surface area contributed by atoms with Gasteiger partial charge < -0.3 is 14.5 Å². The van der Waals surface area contributed by atoms with Crippen LogP contribution in [0.3, 0.4) is 0 Å². The van der Waals surface area contributed by atoms with Crippen molar-refractivity contribution in [2.45, 2.75) is 124 Å². The zero-order valence-corrected chi connectivity index (χ0v) is 29.0. The lowest BCUT2D eigenvalue weighted by Crippen LogP contribution is -2.32. The minimum atomic E-state index is -3.53. The lowest BCUT2D eigenvalue weighted by Gasteiger charge is -2.12. The summed E-state index contributed by atoms with van der Waals surface area (Å²) < 4.78 is 32.1. The molecule has 0 saturated heterocycles. The molecule has 0 bridgehead atoms. The summed E-state index contributed by atoms with van der Waals surface area (Å²) in [6.45, 7) is 7.67. The molecular formula is C34H53ClN6O3S. The van der Waals surface area contributed by atoms with Crippen molar-refractivity contribution < 1.29 is 13.2 Å². The maximum absolute atomic E-state index is 12.8. The number of hydrogen-bond donors (Lipinski definition) is 3. The summed E-state index contributed by atoms with van der Waals surface area (Å²) in [6, 6.07) is 12.1. The second kappa shape index (κ2) is 19.5. The third-order valence-electron chi connectivity index (χ3n) is 8.09. The molecule has 3 N–H and O–H groups in total. The fourth-order valence-corrected chi connectivity index (χ4v) is 7.02. The number of nitrogens with one attached hydrogen (secondary N) is 3. The molecule has 250 valence electrons. The second-order valence-corrected chi connectivity index (χ2v) is 13.9. The number of imidazole rings is 1. The number of aromatic nitrogens is 2. The topological polar surface area (TPSA) is 110 Å². The Bertz CT molecular complexity index is 1470. The first kappa shape index (κ1) is 36.5. The highest BCUT2D eigenvalue weighted by Gasteiger charge is 2.14. The molecule has 11 heteroatoms. The zero-order valence-electron chi connectivity index (χ0n) is 27.4. The molecule has 0 fully saturated rings. The van der Waals surface area contributed by atoms with Gasteiger partial charge in [0.25, 0.3) is 0 Å². The number of fused-ring (bicyclic) bond motifs is 1. The number of aryl methyl sites for hydroxylation is 2. The molecule has 0 atom stereocenters. The lowest BCUT2D eigenvalue weighted by molar-refractivity contribution is 0.252. The summed E-state index contributed by atoms with van der Waals surface area (Å²) in [5.41, 5.74) is 5.85. The van der Waals surface area contributed by atoms with Crippen LogP contribution in [0.15, 0.2) is 47.6 Å². The van der Waals surface area contributed by atoms with Gasteiger partial charge in [0.1, 0.15) is 0 Å². The Morgan fingerprint density at radius 3 is 1.78 bits per heavy atom. The van der Waals surface area contributed by atoms with E-state index in [9.17, 15) is 13.2 Å². The van der Waals surface area contributed by atoms with E-state index in [0.29, 0.717) is 30.8 Å². The minimum Gasteiger partial charge on any atom is -0.309 e. The number of rotatable bonds is 21. The van der Waals surface area contributed by atoms with Crippen LogP contribution in [0.25, 0.3) is 11.0 Å². The van der Waals surface area contributed by atoms with Gasteiger partial charge in [0, 0.05) is 13.1 Å². The van der Waals surface area contributed by atoms with E-state index in [1.54, 1.807) is 12.1 Å². The summed E-state index contributed by atoms with van der Waals surface area (Å²) in [4.78, 5) is 12.8. The molecule has 0 spiro atoms. The van der Waals surface area contributed by atoms with Gasteiger partial charge in [-0.15, -0.1) is 5.10 Å². The normalized spacial score (nSPS) is 11.6. The van der Waals surface area contributed by atoms with Crippen LogP contribution in [0.2, 0.25) is 5.02 Å². The number of amides is 2. The number of para-hydroxylation sites is 2. The molecule has 0 aliphatic carbocycles. The first-order valence-electron chi connectivity index (χ1n) is 16.9. The number of sulfonamides is 1. The molecule has 0 aliphatic heterocycles. The quantitative estimate of drug-likeness (QED) is 0.0783. The average molecular weight is 661 g/mol. The Morgan fingerprint density at radius 2 is 1.27 bits per heavy atom. The Labute approximate surface area is 274 Å². The van der Waals surface area contributed by atoms with Gasteiger partial charge in [-0.2, -0.15) is 0 Å². The predicted octanol–water partition coefficient (Wildman–Crippen LogP) is 9.00. The Hall–Kier alpha value is -2.98. The van der Waals surface area contributed by atoms with Crippen LogP contribution in [-0.2, 0) is 23.1 Å². The Balaban J connectivity index is 1.42. The van der Waals surface area contributed by atoms with E-state index >= 15 is 0 Å². The van der Waals surface area contributed by atoms with E-state index in [-0.39, 0.29) is 16.5 Å². The number of nitrogens with zero attached hydrogens (tertiary/aromatic N) is 3. The van der Waals surface area contributed by atoms with E-state index in [4.69, 9.17) is 11.6 Å². The molecule has 0 saturated carbocycles. The Kier molecular flexibility index (Phi) is 15.8. The van der Waals surface area contributed by atoms with Gasteiger partial charge in [0.15, 0.2) is 0 Å². The molecule has 9 nitrogen and oxygen atoms in total. The van der Waals surface area contributed by atoms with E-state index in [1.165, 1.54) is 70.3 Å². The van der Waals surface area contributed by atoms with Crippen molar-refractivity contribution in [3.05, 3.63) is 53.1 Å². The lowest BCUT2D eigenvalue weighted by atomic mass is 10.0. The van der Waals surface area contributed by atoms with Crippen LogP contribution in [-0.4, -0.2) is 29.3 Å². The number of hydrogen-bond acceptors (Lipinski definition) is 4. The van der Waals surface area contributed by atoms with Crippen molar-refractivity contribution in [3.8, 4) is 0 Å². The summed E-state index contributed by atoms with van der Waals surface area (Å²) in [5.74, 6) is 0.0542. The first-order valence-corrected chi connectivity index (χ1v) is 18.9. The van der Waals surface area contributed by atoms with Gasteiger partial charge in [-0.25, -0.2) is 18.6 Å². The standard InChI is InChI=1S/C34H53ClN6O3S/c1-4-7-8-9-10-11-12-13-14-15-16-17-18-21-26-45(43,44)39-28-24-25-29(35)30(27-28)36-33(42)37-38-34-40(5-2)31-22-19-20-23-32(31)41(34)6-3/h19-20,22-25,27,39H,4-18,21,26H2,1-3H3,(H2,36,37,42). The molecule has 0 aliphatic rings. The molecule has 0 radical (unpaired) electrons. The highest BCUT2D eigenvalue weighted by atomic mass is 35.5. The van der Waals surface area contributed by atoms with Crippen LogP contribution in [0.4, 0.5) is 16.2 Å². The number of urea groups is 1. The SMILES string of the molecule is CCCCCCCCCCCCCCCCS(=O)(=O)Nc1ccc(Cl)c(NC(=O)NN=c2n(CC)c3ccccc3n2CC)c1. The monoisotopic (exact) mass is 660 g/mol. The third-order valence-corrected chi connectivity index (χ3v) is 9.79. The third kappa shape index (κ3) is 12.0. The number of carbonyl (C=O) groups is 1. The van der Waals surface area contributed by atoms with Crippen molar-refractivity contribution in [3.63, 3.8) is 0 Å². The number of anilines is 2. The molecule has 2 aromatic carbocycles. The van der Waals surface area contributed by atoms with E-state index in [1.807, 2.05) is 47.2 Å². The highest BCUT2D eigenvalue weighted by molar-refractivity contribution is 7.92. The molecule has 2 amide bonds. The van der Waals surface area contributed by atoms with Crippen molar-refractivity contribution in [2.24, 2.45) is 5.10 Å². The maximum atomic E-state index is 12.8. The smallest absolute Gasteiger partial charge is 0.309 e. The molecule has 45 heavy (non-hydrogen) atoms. The van der Waals surface area contributed by atoms with Gasteiger partial charge >= 0.3 is 6.03 Å². The van der Waals surface area contributed by atoms with E-state index in [2.05, 4.69) is 27.5 Å². The summed E-state index contributed by atoms with van der Waals surface area (Å²) >= 11 is 6.32. The van der Waals surface area contributed by atoms with Crippen LogP contribution in [0.1, 0.15) is 111 Å². The van der Waals surface area contributed by atoms with Gasteiger partial charge in [-0.1, -0.05) is 114 Å². The molecule has 1 heterocycles. The zero-order chi connectivity index (χ0) is 32.5. The fraction of sp³-hybridized carbons (Fsp3) is 0.588. The molecular weight excluding hydrogens is 608 g/mol. The number of carbonyl (C=O) groups excluding carboxylic acids is 1. The van der Waals surface area contributed by atoms with Crippen molar-refractivity contribution in [1.29, 1.82) is 0 Å². The van der Waals surface area contributed by atoms with Crippen LogP contribution < -0.4 is 21.1 Å². The maximum Gasteiger partial charge on any atom is 0.339 e. The average Bonchev–Trinajstić information content (AvgIpc) is 3.34. The number of unbranched alkanes of at least 4 members (excludes halogenated alkanes) is 13. The first-order chi connectivity index (χ1) is 21.8. The predicted molar refractivity (Wildman–Crippen MR) is 188 cm³/mol. The molecule has 0 unspecified atom stereocenters. The fourth-order valence-electron chi connectivity index (χ4n) is 5.68. The van der Waals surface area contributed by atoms with Crippen molar-refractivity contribution in [1.82, 2.24) is 14.6 Å². The number of benzene rings is 2. The van der Waals surface area contributed by atoms with E-state index < -0.39 is 16.1 Å². The van der Waals surface area contributed by atoms with Crippen LogP contribution in [0.5, 0.6) is 0 Å². The summed E-state index contributed by atoms with van der Waals surface area (Å²) in [6.07, 6.45) is 17.0. The van der Waals surface area contributed by atoms with Gasteiger partial charge in [-0.05, 0) is 50.6 Å². The Morgan fingerprint density at radius 1 is 0.756 bits per heavy atom. The van der Waals surface area contributed by atoms with E-state index in [0.717, 1.165) is 30.3 Å². The second-order valence-electron chi connectivity index (χ2n) is 11.7. The molecule has 1 aromatic heterocycles. The largest absolute Gasteiger partial charge is 0.339 e. The van der Waals surface area contributed by atoms with Crippen LogP contribution >= 0.6 is 11.6 Å².